The second-order valence-electron chi connectivity index (χ2n) is 7.13. The molecule has 0 bridgehead atoms. The van der Waals surface area contributed by atoms with Crippen LogP contribution < -0.4 is 19.8 Å². The van der Waals surface area contributed by atoms with Gasteiger partial charge < -0.3 is 14.6 Å². The first-order valence-corrected chi connectivity index (χ1v) is 15.6. The SMILES string of the molecule is C[Si](C)(C)Oc1cccc([Si]CCCN)c1O[Si](C)(C)C. The van der Waals surface area contributed by atoms with Crippen molar-refractivity contribution in [2.24, 2.45) is 5.73 Å². The van der Waals surface area contributed by atoms with Crippen molar-refractivity contribution in [3.8, 4) is 11.5 Å². The summed E-state index contributed by atoms with van der Waals surface area (Å²) in [6.07, 6.45) is 1.06. The van der Waals surface area contributed by atoms with E-state index in [1.54, 1.807) is 0 Å². The molecule has 0 heterocycles. The van der Waals surface area contributed by atoms with E-state index >= 15 is 0 Å². The predicted octanol–water partition coefficient (Wildman–Crippen LogP) is 3.21. The summed E-state index contributed by atoms with van der Waals surface area (Å²) >= 11 is 0. The molecule has 0 atom stereocenters. The summed E-state index contributed by atoms with van der Waals surface area (Å²) in [5, 5.41) is 1.28. The molecule has 1 aromatic carbocycles. The first-order valence-electron chi connectivity index (χ1n) is 7.57. The van der Waals surface area contributed by atoms with Gasteiger partial charge in [0.15, 0.2) is 0 Å². The van der Waals surface area contributed by atoms with Crippen molar-refractivity contribution in [1.29, 1.82) is 0 Å². The molecule has 0 aliphatic rings. The largest absolute Gasteiger partial charge is 0.542 e. The lowest BCUT2D eigenvalue weighted by Crippen LogP contribution is -2.35. The molecule has 0 spiro atoms. The highest BCUT2D eigenvalue weighted by Gasteiger charge is 2.24. The van der Waals surface area contributed by atoms with Crippen molar-refractivity contribution < 1.29 is 8.85 Å². The van der Waals surface area contributed by atoms with Gasteiger partial charge in [-0.25, -0.2) is 0 Å². The number of hydrogen-bond donors (Lipinski definition) is 1. The molecule has 1 aromatic rings. The van der Waals surface area contributed by atoms with Crippen LogP contribution in [0, 0.1) is 0 Å². The van der Waals surface area contributed by atoms with E-state index in [4.69, 9.17) is 14.6 Å². The summed E-state index contributed by atoms with van der Waals surface area (Å²) in [5.41, 5.74) is 5.61. The Balaban J connectivity index is 3.08. The third-order valence-electron chi connectivity index (χ3n) is 2.50. The third kappa shape index (κ3) is 7.30. The Labute approximate surface area is 134 Å². The average Bonchev–Trinajstić information content (AvgIpc) is 2.30. The summed E-state index contributed by atoms with van der Waals surface area (Å²) in [5.74, 6) is 1.91. The lowest BCUT2D eigenvalue weighted by Gasteiger charge is -2.27. The van der Waals surface area contributed by atoms with Crippen molar-refractivity contribution in [3.63, 3.8) is 0 Å². The van der Waals surface area contributed by atoms with Crippen LogP contribution in [0.3, 0.4) is 0 Å². The zero-order valence-electron chi connectivity index (χ0n) is 14.2. The Morgan fingerprint density at radius 1 is 1.00 bits per heavy atom. The maximum absolute atomic E-state index is 6.35. The van der Waals surface area contributed by atoms with E-state index in [2.05, 4.69) is 51.4 Å². The molecule has 21 heavy (non-hydrogen) atoms. The highest BCUT2D eigenvalue weighted by Crippen LogP contribution is 2.29. The molecule has 0 amide bonds. The molecular weight excluding hydrogens is 310 g/mol. The highest BCUT2D eigenvalue weighted by atomic mass is 28.4. The Morgan fingerprint density at radius 3 is 2.14 bits per heavy atom. The smallest absolute Gasteiger partial charge is 0.242 e. The number of benzene rings is 1. The molecule has 6 heteroatoms. The van der Waals surface area contributed by atoms with E-state index in [0.29, 0.717) is 0 Å². The first-order chi connectivity index (χ1) is 9.62. The fraction of sp³-hybridized carbons (Fsp3) is 0.600. The van der Waals surface area contributed by atoms with Crippen molar-refractivity contribution >= 4 is 31.3 Å². The number of nitrogens with two attached hydrogens (primary N) is 1. The predicted molar refractivity (Wildman–Crippen MR) is 98.3 cm³/mol. The standard InChI is InChI=1S/C15H29NO2Si3/c1-20(2,3)17-13-9-7-10-14(19-12-8-11-16)15(13)18-21(4,5)6/h7,9-10H,8,11-12,16H2,1-6H3. The molecule has 1 rings (SSSR count). The van der Waals surface area contributed by atoms with Gasteiger partial charge in [0, 0.05) is 0 Å². The Kier molecular flexibility index (Phi) is 6.71. The van der Waals surface area contributed by atoms with Crippen LogP contribution in [0.15, 0.2) is 18.2 Å². The van der Waals surface area contributed by atoms with Gasteiger partial charge in [0.25, 0.3) is 0 Å². The molecular formula is C15H29NO2Si3. The van der Waals surface area contributed by atoms with Crippen molar-refractivity contribution in [2.75, 3.05) is 6.54 Å². The molecule has 0 saturated carbocycles. The summed E-state index contributed by atoms with van der Waals surface area (Å²) in [4.78, 5) is 0. The fourth-order valence-corrected chi connectivity index (χ4v) is 4.75. The van der Waals surface area contributed by atoms with E-state index in [1.165, 1.54) is 5.19 Å². The topological polar surface area (TPSA) is 44.5 Å². The quantitative estimate of drug-likeness (QED) is 0.584. The van der Waals surface area contributed by atoms with E-state index in [9.17, 15) is 0 Å². The number of para-hydroxylation sites is 1. The molecule has 0 aromatic heterocycles. The highest BCUT2D eigenvalue weighted by molar-refractivity contribution is 6.71. The lowest BCUT2D eigenvalue weighted by molar-refractivity contribution is 0.492. The minimum Gasteiger partial charge on any atom is -0.542 e. The molecule has 0 saturated heterocycles. The Morgan fingerprint density at radius 2 is 1.62 bits per heavy atom. The Bertz CT molecular complexity index is 453. The minimum atomic E-state index is -1.67. The molecule has 2 radical (unpaired) electrons. The molecule has 2 N–H and O–H groups in total. The van der Waals surface area contributed by atoms with Crippen LogP contribution in [0.4, 0.5) is 0 Å². The summed E-state index contributed by atoms with van der Waals surface area (Å²) in [7, 11) is -2.58. The van der Waals surface area contributed by atoms with Crippen LogP contribution in [0.5, 0.6) is 11.5 Å². The minimum absolute atomic E-state index is 0.732. The van der Waals surface area contributed by atoms with Crippen LogP contribution in [-0.2, 0) is 0 Å². The number of hydrogen-bond acceptors (Lipinski definition) is 3. The number of rotatable bonds is 8. The molecule has 0 aliphatic heterocycles. The van der Waals surface area contributed by atoms with Crippen LogP contribution in [0.1, 0.15) is 6.42 Å². The van der Waals surface area contributed by atoms with Crippen LogP contribution in [0.2, 0.25) is 45.3 Å². The van der Waals surface area contributed by atoms with Crippen molar-refractivity contribution in [1.82, 2.24) is 0 Å². The monoisotopic (exact) mass is 339 g/mol. The molecule has 118 valence electrons. The van der Waals surface area contributed by atoms with Gasteiger partial charge in [-0.1, -0.05) is 18.2 Å². The fourth-order valence-electron chi connectivity index (χ4n) is 1.80. The molecule has 0 fully saturated rings. The third-order valence-corrected chi connectivity index (χ3v) is 5.53. The zero-order valence-corrected chi connectivity index (χ0v) is 17.2. The van der Waals surface area contributed by atoms with Crippen LogP contribution >= 0.6 is 0 Å². The molecule has 0 unspecified atom stereocenters. The van der Waals surface area contributed by atoms with Crippen molar-refractivity contribution in [3.05, 3.63) is 18.2 Å². The Hall–Kier alpha value is -0.569. The van der Waals surface area contributed by atoms with Gasteiger partial charge in [-0.15, -0.1) is 0 Å². The van der Waals surface area contributed by atoms with Gasteiger partial charge >= 0.3 is 0 Å². The van der Waals surface area contributed by atoms with Gasteiger partial charge in [-0.05, 0) is 63.5 Å². The van der Waals surface area contributed by atoms with Gasteiger partial charge in [-0.2, -0.15) is 0 Å². The van der Waals surface area contributed by atoms with Crippen molar-refractivity contribution in [2.45, 2.75) is 51.7 Å². The second kappa shape index (κ2) is 7.62. The van der Waals surface area contributed by atoms with Gasteiger partial charge in [-0.3, -0.25) is 0 Å². The summed E-state index contributed by atoms with van der Waals surface area (Å²) in [6, 6.07) is 7.42. The van der Waals surface area contributed by atoms with E-state index in [-0.39, 0.29) is 0 Å². The lowest BCUT2D eigenvalue weighted by atomic mass is 10.3. The van der Waals surface area contributed by atoms with E-state index in [1.807, 2.05) is 6.07 Å². The van der Waals surface area contributed by atoms with Gasteiger partial charge in [0.05, 0.1) is 9.52 Å². The average molecular weight is 340 g/mol. The summed E-state index contributed by atoms with van der Waals surface area (Å²) < 4.78 is 12.6. The normalized spacial score (nSPS) is 12.3. The molecule has 3 nitrogen and oxygen atoms in total. The van der Waals surface area contributed by atoms with E-state index < -0.39 is 16.6 Å². The van der Waals surface area contributed by atoms with E-state index in [0.717, 1.165) is 40.0 Å². The van der Waals surface area contributed by atoms with Gasteiger partial charge in [0.2, 0.25) is 16.6 Å². The van der Waals surface area contributed by atoms with Crippen LogP contribution in [-0.4, -0.2) is 32.7 Å². The summed E-state index contributed by atoms with van der Waals surface area (Å²) in [6.45, 7) is 14.0. The van der Waals surface area contributed by atoms with Gasteiger partial charge in [0.1, 0.15) is 11.5 Å². The maximum atomic E-state index is 6.35. The molecule has 0 aliphatic carbocycles. The first kappa shape index (κ1) is 18.5. The maximum Gasteiger partial charge on any atom is 0.242 e. The van der Waals surface area contributed by atoms with Crippen LogP contribution in [0.25, 0.3) is 0 Å². The second-order valence-corrected chi connectivity index (χ2v) is 17.4. The zero-order chi connectivity index (χ0) is 16.1.